The largest absolute Gasteiger partial charge is 0.487 e. The van der Waals surface area contributed by atoms with E-state index in [0.717, 1.165) is 34.4 Å². The number of nitrogens with zero attached hydrogens (tertiary/aromatic N) is 2. The molecule has 1 N–H and O–H groups in total. The van der Waals surface area contributed by atoms with Crippen molar-refractivity contribution in [2.24, 2.45) is 0 Å². The number of halogens is 2. The van der Waals surface area contributed by atoms with E-state index < -0.39 is 0 Å². The second-order valence-electron chi connectivity index (χ2n) is 6.62. The van der Waals surface area contributed by atoms with Crippen molar-refractivity contribution in [1.29, 1.82) is 0 Å². The minimum atomic E-state index is -0.292. The van der Waals surface area contributed by atoms with Crippen molar-refractivity contribution < 1.29 is 9.13 Å². The lowest BCUT2D eigenvalue weighted by atomic mass is 10.1. The van der Waals surface area contributed by atoms with Crippen LogP contribution in [0.2, 0.25) is 5.02 Å². The first-order chi connectivity index (χ1) is 14.1. The summed E-state index contributed by atoms with van der Waals surface area (Å²) in [5.74, 6) is 0.956. The molecule has 4 rings (SSSR count). The van der Waals surface area contributed by atoms with Crippen LogP contribution in [0, 0.1) is 5.82 Å². The monoisotopic (exact) mass is 407 g/mol. The standard InChI is InChI=1S/C23H19ClFN3O/c1-2-15-6-8-21-19(11-15)23(27-14-26-21)28-18-7-9-22(20(24)12-18)29-13-16-4-3-5-17(25)10-16/h3-12,14H,2,13H2,1H3,(H,26,27,28). The number of anilines is 2. The smallest absolute Gasteiger partial charge is 0.141 e. The Morgan fingerprint density at radius 2 is 1.90 bits per heavy atom. The molecular weight excluding hydrogens is 389 g/mol. The highest BCUT2D eigenvalue weighted by atomic mass is 35.5. The molecule has 0 amide bonds. The van der Waals surface area contributed by atoms with Crippen molar-refractivity contribution in [3.8, 4) is 5.75 Å². The van der Waals surface area contributed by atoms with E-state index in [-0.39, 0.29) is 12.4 Å². The van der Waals surface area contributed by atoms with Gasteiger partial charge in [0.05, 0.1) is 10.5 Å². The molecule has 4 nitrogen and oxygen atoms in total. The number of hydrogen-bond acceptors (Lipinski definition) is 4. The van der Waals surface area contributed by atoms with Gasteiger partial charge in [0.2, 0.25) is 0 Å². The van der Waals surface area contributed by atoms with Gasteiger partial charge in [0.1, 0.15) is 30.3 Å². The van der Waals surface area contributed by atoms with Crippen LogP contribution in [0.1, 0.15) is 18.1 Å². The summed E-state index contributed by atoms with van der Waals surface area (Å²) in [6.45, 7) is 2.35. The molecule has 29 heavy (non-hydrogen) atoms. The van der Waals surface area contributed by atoms with Crippen LogP contribution >= 0.6 is 11.6 Å². The van der Waals surface area contributed by atoms with Crippen LogP contribution < -0.4 is 10.1 Å². The Bertz CT molecular complexity index is 1170. The molecule has 3 aromatic carbocycles. The molecule has 0 radical (unpaired) electrons. The summed E-state index contributed by atoms with van der Waals surface area (Å²) in [6.07, 6.45) is 2.47. The maximum atomic E-state index is 13.3. The molecule has 0 aliphatic heterocycles. The van der Waals surface area contributed by atoms with Crippen molar-refractivity contribution >= 4 is 34.0 Å². The highest BCUT2D eigenvalue weighted by Gasteiger charge is 2.08. The predicted molar refractivity (Wildman–Crippen MR) is 114 cm³/mol. The lowest BCUT2D eigenvalue weighted by Crippen LogP contribution is -1.99. The fraction of sp³-hybridized carbons (Fsp3) is 0.130. The Balaban J connectivity index is 1.53. The van der Waals surface area contributed by atoms with Gasteiger partial charge in [-0.25, -0.2) is 14.4 Å². The van der Waals surface area contributed by atoms with Gasteiger partial charge in [-0.1, -0.05) is 36.7 Å². The van der Waals surface area contributed by atoms with Gasteiger partial charge in [-0.2, -0.15) is 0 Å². The van der Waals surface area contributed by atoms with E-state index in [9.17, 15) is 4.39 Å². The number of benzene rings is 3. The maximum absolute atomic E-state index is 13.3. The van der Waals surface area contributed by atoms with Crippen LogP contribution in [0.3, 0.4) is 0 Å². The van der Waals surface area contributed by atoms with Gasteiger partial charge in [0.15, 0.2) is 0 Å². The zero-order valence-corrected chi connectivity index (χ0v) is 16.6. The third kappa shape index (κ3) is 4.46. The Hall–Kier alpha value is -3.18. The Kier molecular flexibility index (Phi) is 5.58. The number of aromatic nitrogens is 2. The van der Waals surface area contributed by atoms with Crippen LogP contribution in [0.15, 0.2) is 67.0 Å². The molecule has 146 valence electrons. The number of fused-ring (bicyclic) bond motifs is 1. The van der Waals surface area contributed by atoms with E-state index in [4.69, 9.17) is 16.3 Å². The van der Waals surface area contributed by atoms with E-state index >= 15 is 0 Å². The van der Waals surface area contributed by atoms with Gasteiger partial charge >= 0.3 is 0 Å². The van der Waals surface area contributed by atoms with Crippen LogP contribution in [-0.2, 0) is 13.0 Å². The van der Waals surface area contributed by atoms with Crippen molar-refractivity contribution in [1.82, 2.24) is 9.97 Å². The molecule has 1 aromatic heterocycles. The summed E-state index contributed by atoms with van der Waals surface area (Å²) in [4.78, 5) is 8.71. The Labute approximate surface area is 173 Å². The minimum Gasteiger partial charge on any atom is -0.487 e. The first-order valence-electron chi connectivity index (χ1n) is 9.30. The number of rotatable bonds is 6. The van der Waals surface area contributed by atoms with E-state index in [1.807, 2.05) is 12.1 Å². The lowest BCUT2D eigenvalue weighted by molar-refractivity contribution is 0.306. The summed E-state index contributed by atoms with van der Waals surface area (Å²) in [5.41, 5.74) is 3.62. The molecule has 0 unspecified atom stereocenters. The van der Waals surface area contributed by atoms with E-state index in [1.165, 1.54) is 24.0 Å². The van der Waals surface area contributed by atoms with Crippen LogP contribution in [0.4, 0.5) is 15.9 Å². The SMILES string of the molecule is CCc1ccc2ncnc(Nc3ccc(OCc4cccc(F)c4)c(Cl)c3)c2c1. The zero-order valence-electron chi connectivity index (χ0n) is 15.8. The first kappa shape index (κ1) is 19.2. The molecule has 0 atom stereocenters. The fourth-order valence-electron chi connectivity index (χ4n) is 3.04. The van der Waals surface area contributed by atoms with Crippen LogP contribution in [0.5, 0.6) is 5.75 Å². The molecule has 1 heterocycles. The summed E-state index contributed by atoms with van der Waals surface area (Å²) in [6, 6.07) is 17.9. The molecule has 6 heteroatoms. The van der Waals surface area contributed by atoms with Gasteiger partial charge < -0.3 is 10.1 Å². The van der Waals surface area contributed by atoms with E-state index in [2.05, 4.69) is 34.3 Å². The highest BCUT2D eigenvalue weighted by Crippen LogP contribution is 2.31. The number of aryl methyl sites for hydroxylation is 1. The molecule has 0 aliphatic rings. The molecular formula is C23H19ClFN3O. The third-order valence-corrected chi connectivity index (χ3v) is 4.88. The van der Waals surface area contributed by atoms with Gasteiger partial charge in [-0.15, -0.1) is 0 Å². The van der Waals surface area contributed by atoms with E-state index in [0.29, 0.717) is 10.8 Å². The second-order valence-corrected chi connectivity index (χ2v) is 7.02. The number of ether oxygens (including phenoxy) is 1. The first-order valence-corrected chi connectivity index (χ1v) is 9.67. The summed E-state index contributed by atoms with van der Waals surface area (Å²) < 4.78 is 19.0. The zero-order chi connectivity index (χ0) is 20.2. The quantitative estimate of drug-likeness (QED) is 0.407. The highest BCUT2D eigenvalue weighted by molar-refractivity contribution is 6.32. The maximum Gasteiger partial charge on any atom is 0.141 e. The number of hydrogen-bond donors (Lipinski definition) is 1. The van der Waals surface area contributed by atoms with Gasteiger partial charge in [-0.05, 0) is 60.0 Å². The van der Waals surface area contributed by atoms with Gasteiger partial charge in [-0.3, -0.25) is 0 Å². The Morgan fingerprint density at radius 1 is 1.00 bits per heavy atom. The third-order valence-electron chi connectivity index (χ3n) is 4.59. The van der Waals surface area contributed by atoms with Crippen molar-refractivity contribution in [2.45, 2.75) is 20.0 Å². The topological polar surface area (TPSA) is 47.0 Å². The predicted octanol–water partition coefficient (Wildman–Crippen LogP) is 6.31. The molecule has 0 aliphatic carbocycles. The van der Waals surface area contributed by atoms with Gasteiger partial charge in [0.25, 0.3) is 0 Å². The number of nitrogens with one attached hydrogen (secondary N) is 1. The average molecular weight is 408 g/mol. The molecule has 0 bridgehead atoms. The molecule has 0 fully saturated rings. The van der Waals surface area contributed by atoms with Crippen molar-refractivity contribution in [3.63, 3.8) is 0 Å². The Morgan fingerprint density at radius 3 is 2.69 bits per heavy atom. The van der Waals surface area contributed by atoms with Crippen LogP contribution in [0.25, 0.3) is 10.9 Å². The van der Waals surface area contributed by atoms with Crippen molar-refractivity contribution in [2.75, 3.05) is 5.32 Å². The summed E-state index contributed by atoms with van der Waals surface area (Å²) in [7, 11) is 0. The van der Waals surface area contributed by atoms with Crippen molar-refractivity contribution in [3.05, 3.63) is 89.0 Å². The minimum absolute atomic E-state index is 0.237. The summed E-state index contributed by atoms with van der Waals surface area (Å²) in [5, 5.41) is 4.72. The van der Waals surface area contributed by atoms with Gasteiger partial charge in [0, 0.05) is 11.1 Å². The molecule has 0 spiro atoms. The normalized spacial score (nSPS) is 10.9. The molecule has 4 aromatic rings. The van der Waals surface area contributed by atoms with E-state index in [1.54, 1.807) is 24.3 Å². The average Bonchev–Trinajstić information content (AvgIpc) is 2.73. The molecule has 0 saturated heterocycles. The fourth-order valence-corrected chi connectivity index (χ4v) is 3.28. The molecule has 0 saturated carbocycles. The van der Waals surface area contributed by atoms with Crippen LogP contribution in [-0.4, -0.2) is 9.97 Å². The lowest BCUT2D eigenvalue weighted by Gasteiger charge is -2.12. The summed E-state index contributed by atoms with van der Waals surface area (Å²) >= 11 is 6.39. The second kappa shape index (κ2) is 8.45.